The third kappa shape index (κ3) is 2.12. The summed E-state index contributed by atoms with van der Waals surface area (Å²) >= 11 is 0. The zero-order chi connectivity index (χ0) is 6.57. The minimum atomic E-state index is -0.478. The Morgan fingerprint density at radius 2 is 2.25 bits per heavy atom. The number of primary amides is 1. The molecule has 0 aromatic carbocycles. The van der Waals surface area contributed by atoms with Crippen LogP contribution in [0.25, 0.3) is 0 Å². The van der Waals surface area contributed by atoms with E-state index >= 15 is 0 Å². The van der Waals surface area contributed by atoms with Crippen LogP contribution >= 0.6 is 0 Å². The molecule has 0 aliphatic carbocycles. The van der Waals surface area contributed by atoms with Crippen molar-refractivity contribution in [2.75, 3.05) is 0 Å². The van der Waals surface area contributed by atoms with Crippen LogP contribution in [0, 0.1) is 5.41 Å². The fourth-order valence-electron chi connectivity index (χ4n) is 0.207. The molecule has 0 radical (unpaired) electrons. The Morgan fingerprint density at radius 1 is 1.75 bits per heavy atom. The summed E-state index contributed by atoms with van der Waals surface area (Å²) in [6.45, 7) is 1.56. The van der Waals surface area contributed by atoms with Crippen molar-refractivity contribution in [3.63, 3.8) is 0 Å². The van der Waals surface area contributed by atoms with E-state index in [1.807, 2.05) is 0 Å². The SMILES string of the molecule is C/C(=C/C=N)C(N)=O. The summed E-state index contributed by atoms with van der Waals surface area (Å²) in [5.41, 5.74) is 5.21. The van der Waals surface area contributed by atoms with Crippen molar-refractivity contribution in [1.29, 1.82) is 5.41 Å². The summed E-state index contributed by atoms with van der Waals surface area (Å²) in [6.07, 6.45) is 2.38. The molecule has 1 amide bonds. The van der Waals surface area contributed by atoms with Crippen LogP contribution < -0.4 is 5.73 Å². The van der Waals surface area contributed by atoms with Gasteiger partial charge in [-0.25, -0.2) is 0 Å². The molecule has 0 atom stereocenters. The fraction of sp³-hybridized carbons (Fsp3) is 0.200. The van der Waals surface area contributed by atoms with Gasteiger partial charge in [-0.05, 0) is 13.0 Å². The van der Waals surface area contributed by atoms with Crippen molar-refractivity contribution >= 4 is 12.1 Å². The number of carbonyl (C=O) groups excluding carboxylic acids is 1. The summed E-state index contributed by atoms with van der Waals surface area (Å²) in [4.78, 5) is 10.1. The van der Waals surface area contributed by atoms with E-state index in [-0.39, 0.29) is 0 Å². The predicted octanol–water partition coefficient (Wildman–Crippen LogP) is 0.0676. The second-order valence-corrected chi connectivity index (χ2v) is 1.38. The molecule has 44 valence electrons. The molecule has 8 heavy (non-hydrogen) atoms. The summed E-state index contributed by atoms with van der Waals surface area (Å²) in [5, 5.41) is 6.52. The normalized spacial score (nSPS) is 10.9. The molecule has 0 aromatic rings. The number of nitrogens with two attached hydrogens (primary N) is 1. The molecule has 0 heterocycles. The Hall–Kier alpha value is -1.12. The number of carbonyl (C=O) groups is 1. The van der Waals surface area contributed by atoms with Gasteiger partial charge in [0.15, 0.2) is 0 Å². The van der Waals surface area contributed by atoms with Gasteiger partial charge in [-0.1, -0.05) is 0 Å². The summed E-state index contributed by atoms with van der Waals surface area (Å²) in [5.74, 6) is -0.478. The van der Waals surface area contributed by atoms with Gasteiger partial charge in [0.05, 0.1) is 0 Å². The lowest BCUT2D eigenvalue weighted by atomic mass is 10.3. The maximum Gasteiger partial charge on any atom is 0.244 e. The predicted molar refractivity (Wildman–Crippen MR) is 31.7 cm³/mol. The van der Waals surface area contributed by atoms with Crippen LogP contribution in [0.15, 0.2) is 11.6 Å². The standard InChI is InChI=1S/C5H8N2O/c1-4(2-3-6)5(7)8/h2-3,6H,1H3,(H2,7,8)/b4-2-,6-3?. The molecule has 3 nitrogen and oxygen atoms in total. The summed E-state index contributed by atoms with van der Waals surface area (Å²) in [7, 11) is 0. The molecule has 0 bridgehead atoms. The van der Waals surface area contributed by atoms with E-state index in [9.17, 15) is 4.79 Å². The Kier molecular flexibility index (Phi) is 2.54. The van der Waals surface area contributed by atoms with E-state index in [1.165, 1.54) is 6.08 Å². The number of hydrogen-bond donors (Lipinski definition) is 2. The average molecular weight is 112 g/mol. The van der Waals surface area contributed by atoms with Crippen LogP contribution in [-0.4, -0.2) is 12.1 Å². The largest absolute Gasteiger partial charge is 0.366 e. The number of hydrogen-bond acceptors (Lipinski definition) is 2. The van der Waals surface area contributed by atoms with Crippen molar-refractivity contribution in [2.24, 2.45) is 5.73 Å². The smallest absolute Gasteiger partial charge is 0.244 e. The highest BCUT2D eigenvalue weighted by atomic mass is 16.1. The zero-order valence-corrected chi connectivity index (χ0v) is 4.64. The van der Waals surface area contributed by atoms with E-state index < -0.39 is 5.91 Å². The van der Waals surface area contributed by atoms with Gasteiger partial charge in [-0.15, -0.1) is 0 Å². The summed E-state index contributed by atoms with van der Waals surface area (Å²) in [6, 6.07) is 0. The van der Waals surface area contributed by atoms with Gasteiger partial charge in [0.2, 0.25) is 5.91 Å². The second kappa shape index (κ2) is 2.96. The second-order valence-electron chi connectivity index (χ2n) is 1.38. The first-order valence-corrected chi connectivity index (χ1v) is 2.15. The van der Waals surface area contributed by atoms with Crippen molar-refractivity contribution in [2.45, 2.75) is 6.92 Å². The monoisotopic (exact) mass is 112 g/mol. The molecular weight excluding hydrogens is 104 g/mol. The number of amides is 1. The third-order valence-electron chi connectivity index (χ3n) is 0.722. The maximum atomic E-state index is 10.1. The summed E-state index contributed by atoms with van der Waals surface area (Å²) < 4.78 is 0. The van der Waals surface area contributed by atoms with Crippen molar-refractivity contribution < 1.29 is 4.79 Å². The van der Waals surface area contributed by atoms with Crippen LogP contribution in [0.5, 0.6) is 0 Å². The first-order chi connectivity index (χ1) is 3.68. The van der Waals surface area contributed by atoms with E-state index in [1.54, 1.807) is 6.92 Å². The van der Waals surface area contributed by atoms with Crippen molar-refractivity contribution in [1.82, 2.24) is 0 Å². The minimum absolute atomic E-state index is 0.403. The number of rotatable bonds is 2. The molecule has 0 aliphatic heterocycles. The highest BCUT2D eigenvalue weighted by Crippen LogP contribution is 1.84. The lowest BCUT2D eigenvalue weighted by Crippen LogP contribution is -2.11. The van der Waals surface area contributed by atoms with E-state index in [0.717, 1.165) is 6.21 Å². The van der Waals surface area contributed by atoms with Gasteiger partial charge in [0.25, 0.3) is 0 Å². The molecule has 3 N–H and O–H groups in total. The topological polar surface area (TPSA) is 66.9 Å². The van der Waals surface area contributed by atoms with Crippen LogP contribution in [0.3, 0.4) is 0 Å². The van der Waals surface area contributed by atoms with E-state index in [0.29, 0.717) is 5.57 Å². The molecule has 0 aliphatic rings. The molecular formula is C5H8N2O. The van der Waals surface area contributed by atoms with Crippen LogP contribution in [0.2, 0.25) is 0 Å². The number of allylic oxidation sites excluding steroid dienone is 1. The maximum absolute atomic E-state index is 10.1. The van der Waals surface area contributed by atoms with Gasteiger partial charge in [-0.3, -0.25) is 4.79 Å². The Balaban J connectivity index is 3.99. The first kappa shape index (κ1) is 6.88. The Morgan fingerprint density at radius 3 is 2.38 bits per heavy atom. The van der Waals surface area contributed by atoms with Crippen molar-refractivity contribution in [3.05, 3.63) is 11.6 Å². The Bertz CT molecular complexity index is 137. The molecule has 0 saturated carbocycles. The molecule has 3 heteroatoms. The highest BCUT2D eigenvalue weighted by molar-refractivity contribution is 5.95. The van der Waals surface area contributed by atoms with Crippen molar-refractivity contribution in [3.8, 4) is 0 Å². The molecule has 0 unspecified atom stereocenters. The quantitative estimate of drug-likeness (QED) is 0.385. The third-order valence-corrected chi connectivity index (χ3v) is 0.722. The van der Waals surface area contributed by atoms with Crippen LogP contribution in [0.1, 0.15) is 6.92 Å². The molecule has 0 saturated heterocycles. The van der Waals surface area contributed by atoms with Crippen LogP contribution in [-0.2, 0) is 4.79 Å². The first-order valence-electron chi connectivity index (χ1n) is 2.15. The van der Waals surface area contributed by atoms with Gasteiger partial charge < -0.3 is 11.1 Å². The van der Waals surface area contributed by atoms with Gasteiger partial charge >= 0.3 is 0 Å². The van der Waals surface area contributed by atoms with Crippen LogP contribution in [0.4, 0.5) is 0 Å². The average Bonchev–Trinajstić information content (AvgIpc) is 1.67. The van der Waals surface area contributed by atoms with Gasteiger partial charge in [-0.2, -0.15) is 0 Å². The molecule has 0 rings (SSSR count). The highest BCUT2D eigenvalue weighted by Gasteiger charge is 1.91. The lowest BCUT2D eigenvalue weighted by Gasteiger charge is -1.86. The van der Waals surface area contributed by atoms with Gasteiger partial charge in [0, 0.05) is 11.8 Å². The number of nitrogens with one attached hydrogen (secondary N) is 1. The molecule has 0 fully saturated rings. The Labute approximate surface area is 47.7 Å². The fourth-order valence-corrected chi connectivity index (χ4v) is 0.207. The van der Waals surface area contributed by atoms with E-state index in [4.69, 9.17) is 11.1 Å². The lowest BCUT2D eigenvalue weighted by molar-refractivity contribution is -0.114. The zero-order valence-electron chi connectivity index (χ0n) is 4.64. The molecule has 0 aromatic heterocycles. The molecule has 0 spiro atoms. The van der Waals surface area contributed by atoms with E-state index in [2.05, 4.69) is 0 Å². The van der Waals surface area contributed by atoms with Gasteiger partial charge in [0.1, 0.15) is 0 Å². The minimum Gasteiger partial charge on any atom is -0.366 e.